The summed E-state index contributed by atoms with van der Waals surface area (Å²) in [5, 5.41) is 0. The normalized spacial score (nSPS) is 19.6. The summed E-state index contributed by atoms with van der Waals surface area (Å²) in [5.41, 5.74) is 0. The van der Waals surface area contributed by atoms with Crippen LogP contribution in [0.15, 0.2) is 0 Å². The Morgan fingerprint density at radius 1 is 1.31 bits per heavy atom. The molecule has 3 nitrogen and oxygen atoms in total. The minimum absolute atomic E-state index is 0.00951. The molecule has 0 spiro atoms. The molecule has 0 radical (unpaired) electrons. The van der Waals surface area contributed by atoms with Gasteiger partial charge in [-0.25, -0.2) is 8.42 Å². The van der Waals surface area contributed by atoms with Crippen molar-refractivity contribution in [3.8, 4) is 0 Å². The monoisotopic (exact) mass is 204 g/mol. The quantitative estimate of drug-likeness (QED) is 0.693. The van der Waals surface area contributed by atoms with Crippen LogP contribution in [0.5, 0.6) is 0 Å². The van der Waals surface area contributed by atoms with Crippen LogP contribution in [0.1, 0.15) is 33.1 Å². The Bertz CT molecular complexity index is 310. The highest BCUT2D eigenvalue weighted by Crippen LogP contribution is 2.33. The molecular formula is C9H16O3S. The molecule has 0 unspecified atom stereocenters. The van der Waals surface area contributed by atoms with Crippen LogP contribution < -0.4 is 0 Å². The number of rotatable bonds is 3. The third-order valence-electron chi connectivity index (χ3n) is 3.00. The van der Waals surface area contributed by atoms with E-state index in [2.05, 4.69) is 0 Å². The van der Waals surface area contributed by atoms with Gasteiger partial charge in [0.05, 0.1) is 0 Å². The molecule has 76 valence electrons. The van der Waals surface area contributed by atoms with E-state index in [0.717, 1.165) is 25.5 Å². The van der Waals surface area contributed by atoms with Crippen molar-refractivity contribution < 1.29 is 13.2 Å². The fourth-order valence-corrected chi connectivity index (χ4v) is 1.88. The van der Waals surface area contributed by atoms with Crippen LogP contribution in [0.3, 0.4) is 0 Å². The molecule has 13 heavy (non-hydrogen) atoms. The molecule has 0 aliphatic heterocycles. The Labute approximate surface area is 79.4 Å². The second-order valence-electron chi connectivity index (χ2n) is 4.27. The van der Waals surface area contributed by atoms with Gasteiger partial charge in [0.1, 0.15) is 4.75 Å². The fourth-order valence-electron chi connectivity index (χ4n) is 1.34. The van der Waals surface area contributed by atoms with Crippen molar-refractivity contribution in [2.24, 2.45) is 5.92 Å². The van der Waals surface area contributed by atoms with Gasteiger partial charge < -0.3 is 0 Å². The van der Waals surface area contributed by atoms with Crippen molar-refractivity contribution in [3.63, 3.8) is 0 Å². The molecule has 0 amide bonds. The molecule has 1 fully saturated rings. The van der Waals surface area contributed by atoms with E-state index in [9.17, 15) is 13.2 Å². The summed E-state index contributed by atoms with van der Waals surface area (Å²) in [6.45, 7) is 3.01. The molecule has 0 aromatic carbocycles. The summed E-state index contributed by atoms with van der Waals surface area (Å²) in [4.78, 5) is 11.7. The van der Waals surface area contributed by atoms with Crippen LogP contribution >= 0.6 is 0 Å². The molecule has 1 saturated carbocycles. The fraction of sp³-hybridized carbons (Fsp3) is 0.889. The van der Waals surface area contributed by atoms with E-state index >= 15 is 0 Å². The van der Waals surface area contributed by atoms with Gasteiger partial charge >= 0.3 is 0 Å². The van der Waals surface area contributed by atoms with Gasteiger partial charge in [-0.3, -0.25) is 4.79 Å². The SMILES string of the molecule is CC(C)(C(=O)C1CCC1)S(C)(=O)=O. The van der Waals surface area contributed by atoms with E-state index in [1.54, 1.807) is 0 Å². The van der Waals surface area contributed by atoms with E-state index < -0.39 is 14.6 Å². The maximum atomic E-state index is 11.7. The zero-order chi connectivity index (χ0) is 10.3. The number of carbonyl (C=O) groups is 1. The third-order valence-corrected chi connectivity index (χ3v) is 5.05. The Morgan fingerprint density at radius 3 is 2.00 bits per heavy atom. The molecular weight excluding hydrogens is 188 g/mol. The van der Waals surface area contributed by atoms with Crippen LogP contribution in [-0.2, 0) is 14.6 Å². The molecule has 0 heterocycles. The van der Waals surface area contributed by atoms with Crippen molar-refractivity contribution in [2.45, 2.75) is 37.9 Å². The smallest absolute Gasteiger partial charge is 0.159 e. The lowest BCUT2D eigenvalue weighted by atomic mass is 9.78. The first kappa shape index (κ1) is 10.7. The highest BCUT2D eigenvalue weighted by Gasteiger charge is 2.43. The summed E-state index contributed by atoms with van der Waals surface area (Å²) < 4.78 is 21.4. The zero-order valence-electron chi connectivity index (χ0n) is 8.33. The van der Waals surface area contributed by atoms with Gasteiger partial charge in [0.2, 0.25) is 0 Å². The van der Waals surface area contributed by atoms with Gasteiger partial charge in [-0.2, -0.15) is 0 Å². The molecule has 1 aliphatic rings. The molecule has 0 atom stereocenters. The summed E-state index contributed by atoms with van der Waals surface area (Å²) in [6, 6.07) is 0. The van der Waals surface area contributed by atoms with Gasteiger partial charge in [0.25, 0.3) is 0 Å². The highest BCUT2D eigenvalue weighted by molar-refractivity contribution is 7.92. The minimum Gasteiger partial charge on any atom is -0.298 e. The first-order valence-electron chi connectivity index (χ1n) is 4.51. The zero-order valence-corrected chi connectivity index (χ0v) is 9.15. The number of sulfone groups is 1. The first-order chi connectivity index (χ1) is 5.77. The lowest BCUT2D eigenvalue weighted by molar-refractivity contribution is -0.127. The second kappa shape index (κ2) is 3.08. The lowest BCUT2D eigenvalue weighted by Gasteiger charge is -2.31. The molecule has 1 aliphatic carbocycles. The minimum atomic E-state index is -3.27. The third kappa shape index (κ3) is 1.77. The number of hydrogen-bond acceptors (Lipinski definition) is 3. The largest absolute Gasteiger partial charge is 0.298 e. The van der Waals surface area contributed by atoms with Crippen molar-refractivity contribution in [1.82, 2.24) is 0 Å². The van der Waals surface area contributed by atoms with Gasteiger partial charge in [-0.15, -0.1) is 0 Å². The molecule has 0 saturated heterocycles. The Kier molecular flexibility index (Phi) is 2.54. The van der Waals surface area contributed by atoms with Crippen molar-refractivity contribution in [1.29, 1.82) is 0 Å². The maximum Gasteiger partial charge on any atom is 0.159 e. The van der Waals surface area contributed by atoms with E-state index in [-0.39, 0.29) is 11.7 Å². The summed E-state index contributed by atoms with van der Waals surface area (Å²) in [7, 11) is -3.27. The van der Waals surface area contributed by atoms with Crippen LogP contribution in [-0.4, -0.2) is 25.2 Å². The maximum absolute atomic E-state index is 11.7. The van der Waals surface area contributed by atoms with Crippen molar-refractivity contribution in [3.05, 3.63) is 0 Å². The lowest BCUT2D eigenvalue weighted by Crippen LogP contribution is -2.45. The highest BCUT2D eigenvalue weighted by atomic mass is 32.2. The topological polar surface area (TPSA) is 51.2 Å². The molecule has 0 aromatic heterocycles. The van der Waals surface area contributed by atoms with Crippen LogP contribution in [0.25, 0.3) is 0 Å². The predicted molar refractivity (Wildman–Crippen MR) is 51.3 cm³/mol. The molecule has 0 N–H and O–H groups in total. The first-order valence-corrected chi connectivity index (χ1v) is 6.40. The molecule has 0 aromatic rings. The Balaban J connectivity index is 2.86. The average Bonchev–Trinajstić information content (AvgIpc) is 1.80. The number of hydrogen-bond donors (Lipinski definition) is 0. The van der Waals surface area contributed by atoms with E-state index in [1.807, 2.05) is 0 Å². The summed E-state index contributed by atoms with van der Waals surface area (Å²) in [6.07, 6.45) is 3.90. The molecule has 4 heteroatoms. The van der Waals surface area contributed by atoms with Crippen LogP contribution in [0.2, 0.25) is 0 Å². The summed E-state index contributed by atoms with van der Waals surface area (Å²) in [5.74, 6) is -0.119. The molecule has 0 bridgehead atoms. The molecule has 1 rings (SSSR count). The standard InChI is InChI=1S/C9H16O3S/c1-9(2,13(3,11)12)8(10)7-5-4-6-7/h7H,4-6H2,1-3H3. The van der Waals surface area contributed by atoms with Gasteiger partial charge in [0.15, 0.2) is 15.6 Å². The van der Waals surface area contributed by atoms with E-state index in [4.69, 9.17) is 0 Å². The van der Waals surface area contributed by atoms with Gasteiger partial charge in [0, 0.05) is 12.2 Å². The van der Waals surface area contributed by atoms with Crippen molar-refractivity contribution in [2.75, 3.05) is 6.26 Å². The van der Waals surface area contributed by atoms with Crippen LogP contribution in [0, 0.1) is 5.92 Å². The van der Waals surface area contributed by atoms with E-state index in [0.29, 0.717) is 0 Å². The van der Waals surface area contributed by atoms with Crippen molar-refractivity contribution >= 4 is 15.6 Å². The summed E-state index contributed by atoms with van der Waals surface area (Å²) >= 11 is 0. The van der Waals surface area contributed by atoms with E-state index in [1.165, 1.54) is 13.8 Å². The number of carbonyl (C=O) groups excluding carboxylic acids is 1. The second-order valence-corrected chi connectivity index (χ2v) is 6.84. The average molecular weight is 204 g/mol. The predicted octanol–water partition coefficient (Wildman–Crippen LogP) is 1.18. The van der Waals surface area contributed by atoms with Gasteiger partial charge in [-0.05, 0) is 26.7 Å². The van der Waals surface area contributed by atoms with Crippen LogP contribution in [0.4, 0.5) is 0 Å². The number of Topliss-reactive ketones (excluding diaryl/α,β-unsaturated/α-hetero) is 1. The van der Waals surface area contributed by atoms with Gasteiger partial charge in [-0.1, -0.05) is 6.42 Å². The number of ketones is 1. The Hall–Kier alpha value is -0.380. The Morgan fingerprint density at radius 2 is 1.77 bits per heavy atom.